The van der Waals surface area contributed by atoms with E-state index in [0.29, 0.717) is 33.0 Å². The minimum absolute atomic E-state index is 0.143. The third kappa shape index (κ3) is 12.1. The molecule has 0 amide bonds. The number of carbonyl (C=O) groups excluding carboxylic acids is 1. The van der Waals surface area contributed by atoms with Gasteiger partial charge in [0.2, 0.25) is 0 Å². The van der Waals surface area contributed by atoms with E-state index in [0.717, 1.165) is 0 Å². The summed E-state index contributed by atoms with van der Waals surface area (Å²) in [5, 5.41) is 0. The summed E-state index contributed by atoms with van der Waals surface area (Å²) in [7, 11) is 1.61. The van der Waals surface area contributed by atoms with E-state index in [1.54, 1.807) is 20.1 Å². The number of ether oxygens (including phenoxy) is 4. The number of hydrogen-bond acceptors (Lipinski definition) is 7. The molecule has 0 rings (SSSR count). The van der Waals surface area contributed by atoms with Gasteiger partial charge in [0.05, 0.1) is 33.0 Å². The van der Waals surface area contributed by atoms with Crippen LogP contribution >= 0.6 is 0 Å². The van der Waals surface area contributed by atoms with E-state index in [1.165, 1.54) is 6.08 Å². The smallest absolute Gasteiger partial charge is 0.327 e. The lowest BCUT2D eigenvalue weighted by atomic mass is 10.2. The fourth-order valence-electron chi connectivity index (χ4n) is 1.14. The zero-order chi connectivity index (χ0) is 15.2. The van der Waals surface area contributed by atoms with Crippen molar-refractivity contribution in [1.29, 1.82) is 0 Å². The molecule has 118 valence electrons. The molecule has 0 bridgehead atoms. The number of esters is 1. The van der Waals surface area contributed by atoms with E-state index >= 15 is 0 Å². The fourth-order valence-corrected chi connectivity index (χ4v) is 1.14. The third-order valence-corrected chi connectivity index (χ3v) is 2.17. The van der Waals surface area contributed by atoms with Crippen molar-refractivity contribution >= 4 is 5.97 Å². The normalized spacial score (nSPS) is 14.4. The SMILES string of the molecule is COCCOCCOCCOC(=O)C(N)/C=C\C(C)N. The summed E-state index contributed by atoms with van der Waals surface area (Å²) in [5.74, 6) is -0.498. The maximum atomic E-state index is 11.4. The van der Waals surface area contributed by atoms with Gasteiger partial charge in [-0.25, -0.2) is 0 Å². The van der Waals surface area contributed by atoms with Gasteiger partial charge in [-0.3, -0.25) is 4.79 Å². The quantitative estimate of drug-likeness (QED) is 0.282. The van der Waals surface area contributed by atoms with E-state index in [9.17, 15) is 4.79 Å². The predicted octanol–water partition coefficient (Wildman–Crippen LogP) is -0.560. The number of carbonyl (C=O) groups is 1. The van der Waals surface area contributed by atoms with Crippen molar-refractivity contribution in [3.05, 3.63) is 12.2 Å². The van der Waals surface area contributed by atoms with Crippen LogP contribution < -0.4 is 11.5 Å². The van der Waals surface area contributed by atoms with Crippen molar-refractivity contribution in [3.8, 4) is 0 Å². The van der Waals surface area contributed by atoms with Crippen molar-refractivity contribution in [1.82, 2.24) is 0 Å². The van der Waals surface area contributed by atoms with Crippen LogP contribution in [-0.2, 0) is 23.7 Å². The van der Waals surface area contributed by atoms with Gasteiger partial charge in [-0.15, -0.1) is 0 Å². The molecule has 0 aliphatic heterocycles. The summed E-state index contributed by atoms with van der Waals surface area (Å²) in [6.45, 7) is 4.28. The minimum Gasteiger partial charge on any atom is -0.462 e. The average Bonchev–Trinajstić information content (AvgIpc) is 2.42. The molecule has 0 aromatic rings. The fraction of sp³-hybridized carbons (Fsp3) is 0.769. The predicted molar refractivity (Wildman–Crippen MR) is 75.2 cm³/mol. The van der Waals surface area contributed by atoms with E-state index in [-0.39, 0.29) is 12.6 Å². The van der Waals surface area contributed by atoms with Crippen LogP contribution in [0.15, 0.2) is 12.2 Å². The molecule has 0 saturated carbocycles. The van der Waals surface area contributed by atoms with E-state index in [4.69, 9.17) is 30.4 Å². The number of rotatable bonds is 12. The Morgan fingerprint density at radius 1 is 1.00 bits per heavy atom. The van der Waals surface area contributed by atoms with Crippen LogP contribution in [0.5, 0.6) is 0 Å². The first-order valence-electron chi connectivity index (χ1n) is 6.58. The Balaban J connectivity index is 3.43. The van der Waals surface area contributed by atoms with Crippen molar-refractivity contribution in [3.63, 3.8) is 0 Å². The Hall–Kier alpha value is -0.990. The molecule has 0 heterocycles. The van der Waals surface area contributed by atoms with Gasteiger partial charge in [-0.2, -0.15) is 0 Å². The van der Waals surface area contributed by atoms with Gasteiger partial charge in [0.15, 0.2) is 0 Å². The molecule has 0 spiro atoms. The molecular formula is C13H26N2O5. The molecule has 2 unspecified atom stereocenters. The van der Waals surface area contributed by atoms with Crippen LogP contribution in [0, 0.1) is 0 Å². The molecule has 0 aliphatic carbocycles. The summed E-state index contributed by atoms with van der Waals surface area (Å²) in [6.07, 6.45) is 3.18. The molecule has 0 aromatic heterocycles. The number of methoxy groups -OCH3 is 1. The zero-order valence-electron chi connectivity index (χ0n) is 12.2. The standard InChI is InChI=1S/C13H26N2O5/c1-11(14)3-4-12(15)13(16)20-10-9-19-8-7-18-6-5-17-2/h3-4,11-12H,5-10,14-15H2,1-2H3/b4-3-. The first-order chi connectivity index (χ1) is 9.57. The Bertz CT molecular complexity index is 271. The highest BCUT2D eigenvalue weighted by molar-refractivity contribution is 5.77. The molecule has 0 aliphatic rings. The molecule has 2 atom stereocenters. The van der Waals surface area contributed by atoms with Gasteiger partial charge in [0, 0.05) is 13.2 Å². The van der Waals surface area contributed by atoms with Gasteiger partial charge in [-0.05, 0) is 6.92 Å². The molecule has 0 aromatic carbocycles. The Morgan fingerprint density at radius 3 is 2.10 bits per heavy atom. The van der Waals surface area contributed by atoms with Crippen LogP contribution in [-0.4, -0.2) is 64.8 Å². The van der Waals surface area contributed by atoms with Crippen molar-refractivity contribution in [2.75, 3.05) is 46.8 Å². The van der Waals surface area contributed by atoms with Gasteiger partial charge in [0.25, 0.3) is 0 Å². The summed E-state index contributed by atoms with van der Waals surface area (Å²) in [4.78, 5) is 11.4. The summed E-state index contributed by atoms with van der Waals surface area (Å²) < 4.78 is 20.2. The number of nitrogens with two attached hydrogens (primary N) is 2. The Labute approximate surface area is 120 Å². The minimum atomic E-state index is -0.793. The first-order valence-corrected chi connectivity index (χ1v) is 6.58. The largest absolute Gasteiger partial charge is 0.462 e. The molecule has 7 nitrogen and oxygen atoms in total. The van der Waals surface area contributed by atoms with Crippen LogP contribution in [0.2, 0.25) is 0 Å². The van der Waals surface area contributed by atoms with E-state index < -0.39 is 12.0 Å². The van der Waals surface area contributed by atoms with E-state index in [2.05, 4.69) is 0 Å². The Morgan fingerprint density at radius 2 is 1.55 bits per heavy atom. The van der Waals surface area contributed by atoms with Crippen LogP contribution in [0.4, 0.5) is 0 Å². The molecule has 20 heavy (non-hydrogen) atoms. The lowest BCUT2D eigenvalue weighted by Gasteiger charge is -2.09. The van der Waals surface area contributed by atoms with Crippen LogP contribution in [0.3, 0.4) is 0 Å². The van der Waals surface area contributed by atoms with Crippen LogP contribution in [0.1, 0.15) is 6.92 Å². The second-order valence-electron chi connectivity index (χ2n) is 4.15. The zero-order valence-corrected chi connectivity index (χ0v) is 12.2. The molecule has 0 saturated heterocycles. The van der Waals surface area contributed by atoms with Gasteiger partial charge in [0.1, 0.15) is 12.6 Å². The van der Waals surface area contributed by atoms with E-state index in [1.807, 2.05) is 0 Å². The first kappa shape index (κ1) is 19.0. The molecular weight excluding hydrogens is 264 g/mol. The third-order valence-electron chi connectivity index (χ3n) is 2.17. The highest BCUT2D eigenvalue weighted by Gasteiger charge is 2.11. The summed E-state index contributed by atoms with van der Waals surface area (Å²) in [6, 6.07) is -0.936. The van der Waals surface area contributed by atoms with Gasteiger partial charge in [-0.1, -0.05) is 12.2 Å². The Kier molecular flexibility index (Phi) is 12.4. The summed E-state index contributed by atoms with van der Waals surface area (Å²) in [5.41, 5.74) is 11.1. The second-order valence-corrected chi connectivity index (χ2v) is 4.15. The highest BCUT2D eigenvalue weighted by Crippen LogP contribution is 1.91. The molecule has 7 heteroatoms. The van der Waals surface area contributed by atoms with Crippen molar-refractivity contribution in [2.45, 2.75) is 19.0 Å². The van der Waals surface area contributed by atoms with Gasteiger partial charge < -0.3 is 30.4 Å². The van der Waals surface area contributed by atoms with Crippen LogP contribution in [0.25, 0.3) is 0 Å². The summed E-state index contributed by atoms with van der Waals surface area (Å²) >= 11 is 0. The highest BCUT2D eigenvalue weighted by atomic mass is 16.6. The number of hydrogen-bond donors (Lipinski definition) is 2. The van der Waals surface area contributed by atoms with Gasteiger partial charge >= 0.3 is 5.97 Å². The lowest BCUT2D eigenvalue weighted by Crippen LogP contribution is -2.31. The topological polar surface area (TPSA) is 106 Å². The second kappa shape index (κ2) is 13.0. The maximum absolute atomic E-state index is 11.4. The lowest BCUT2D eigenvalue weighted by molar-refractivity contribution is -0.145. The maximum Gasteiger partial charge on any atom is 0.327 e. The van der Waals surface area contributed by atoms with Crippen molar-refractivity contribution in [2.24, 2.45) is 11.5 Å². The molecule has 0 fully saturated rings. The monoisotopic (exact) mass is 290 g/mol. The molecule has 0 radical (unpaired) electrons. The molecule has 4 N–H and O–H groups in total. The average molecular weight is 290 g/mol. The van der Waals surface area contributed by atoms with Crippen molar-refractivity contribution < 1.29 is 23.7 Å².